The van der Waals surface area contributed by atoms with Gasteiger partial charge in [0.25, 0.3) is 0 Å². The van der Waals surface area contributed by atoms with Crippen molar-refractivity contribution < 1.29 is 9.22 Å². The van der Waals surface area contributed by atoms with E-state index in [0.29, 0.717) is 6.54 Å². The molecule has 0 spiro atoms. The largest absolute Gasteiger partial charge is 0.586 e. The van der Waals surface area contributed by atoms with Gasteiger partial charge in [0.1, 0.15) is 17.6 Å². The lowest BCUT2D eigenvalue weighted by Gasteiger charge is -2.21. The molecule has 1 aromatic carbocycles. The van der Waals surface area contributed by atoms with E-state index in [4.69, 9.17) is 18.5 Å². The number of nitrogens with one attached hydrogen (secondary N) is 1. The van der Waals surface area contributed by atoms with E-state index in [1.807, 2.05) is 51.3 Å². The Balaban J connectivity index is 1.81. The van der Waals surface area contributed by atoms with Crippen molar-refractivity contribution in [3.8, 4) is 5.75 Å². The lowest BCUT2D eigenvalue weighted by atomic mass is 10.0. The van der Waals surface area contributed by atoms with Crippen LogP contribution >= 0.6 is 0 Å². The predicted molar refractivity (Wildman–Crippen MR) is 123 cm³/mol. The summed E-state index contributed by atoms with van der Waals surface area (Å²) in [5.41, 5.74) is 12.2. The summed E-state index contributed by atoms with van der Waals surface area (Å²) in [5, 5.41) is 0. The Morgan fingerprint density at radius 3 is 2.52 bits per heavy atom. The Morgan fingerprint density at radius 2 is 1.93 bits per heavy atom. The lowest BCUT2D eigenvalue weighted by Crippen LogP contribution is -2.22. The maximum absolute atomic E-state index is 6.07. The Bertz CT molecular complexity index is 986. The number of ether oxygens (including phenoxy) is 1. The maximum Gasteiger partial charge on any atom is 0.586 e. The third kappa shape index (κ3) is 5.39. The van der Waals surface area contributed by atoms with Crippen LogP contribution in [-0.2, 0) is 0 Å². The zero-order valence-electron chi connectivity index (χ0n) is 17.7. The second-order valence-electron chi connectivity index (χ2n) is 8.22. The van der Waals surface area contributed by atoms with E-state index < -0.39 is 0 Å². The summed E-state index contributed by atoms with van der Waals surface area (Å²) in [4.78, 5) is 3.52. The fourth-order valence-electron chi connectivity index (χ4n) is 3.35. The summed E-state index contributed by atoms with van der Waals surface area (Å²) in [6.45, 7) is 8.80. The Kier molecular flexibility index (Phi) is 6.28. The van der Waals surface area contributed by atoms with Crippen LogP contribution in [0.4, 0.5) is 0 Å². The molecule has 5 heteroatoms. The number of aromatic nitrogens is 1. The Labute approximate surface area is 174 Å². The number of nitrogens with two attached hydrogens (primary N) is 1. The first-order valence-corrected chi connectivity index (χ1v) is 9.92. The van der Waals surface area contributed by atoms with Gasteiger partial charge in [-0.1, -0.05) is 18.2 Å². The highest BCUT2D eigenvalue weighted by Crippen LogP contribution is 2.28. The molecule has 1 aliphatic rings. The van der Waals surface area contributed by atoms with Crippen molar-refractivity contribution in [3.63, 3.8) is 0 Å². The quantitative estimate of drug-likeness (QED) is 0.720. The van der Waals surface area contributed by atoms with Crippen molar-refractivity contribution in [3.05, 3.63) is 70.7 Å². The molecule has 0 unspecified atom stereocenters. The minimum atomic E-state index is -0.198. The van der Waals surface area contributed by atoms with E-state index in [9.17, 15) is 0 Å². The van der Waals surface area contributed by atoms with Crippen molar-refractivity contribution in [1.82, 2.24) is 4.98 Å². The van der Waals surface area contributed by atoms with Gasteiger partial charge < -0.3 is 15.5 Å². The average molecular weight is 386 g/mol. The summed E-state index contributed by atoms with van der Waals surface area (Å²) in [5.74, 6) is 0.874. The van der Waals surface area contributed by atoms with Gasteiger partial charge in [0.05, 0.1) is 5.69 Å². The molecule has 148 valence electrons. The third-order valence-electron chi connectivity index (χ3n) is 4.58. The second kappa shape index (κ2) is 8.70. The van der Waals surface area contributed by atoms with Crippen molar-refractivity contribution in [2.24, 2.45) is 5.73 Å². The first kappa shape index (κ1) is 20.9. The van der Waals surface area contributed by atoms with Crippen molar-refractivity contribution >= 4 is 31.9 Å². The highest BCUT2D eigenvalue weighted by atomic mass is 16.5. The molecule has 2 aromatic rings. The van der Waals surface area contributed by atoms with E-state index in [-0.39, 0.29) is 5.60 Å². The number of benzene rings is 1. The molecule has 4 nitrogen and oxygen atoms in total. The number of hydrogen-bond donors (Lipinski definition) is 2. The van der Waals surface area contributed by atoms with Gasteiger partial charge >= 0.3 is 7.98 Å². The minimum Gasteiger partial charge on any atom is -0.488 e. The molecule has 3 N–H and O–H groups in total. The van der Waals surface area contributed by atoms with Crippen LogP contribution in [-0.4, -0.2) is 35.8 Å². The molecule has 0 saturated heterocycles. The molecular formula is C24H29BN3O+. The molecule has 29 heavy (non-hydrogen) atoms. The average Bonchev–Trinajstić information content (AvgIpc) is 3.23. The Hall–Kier alpha value is -2.79. The molecule has 2 radical (unpaired) electrons. The molecular weight excluding hydrogens is 357 g/mol. The smallest absolute Gasteiger partial charge is 0.488 e. The van der Waals surface area contributed by atoms with Crippen LogP contribution in [0, 0.1) is 6.92 Å². The lowest BCUT2D eigenvalue weighted by molar-refractivity contribution is -0.294. The molecule has 2 heterocycles. The molecule has 3 rings (SSSR count). The maximum atomic E-state index is 6.07. The van der Waals surface area contributed by atoms with E-state index in [1.54, 1.807) is 4.49 Å². The number of allylic oxidation sites excluding steroid dienone is 2. The van der Waals surface area contributed by atoms with Crippen LogP contribution in [0.1, 0.15) is 49.7 Å². The number of hydrogen-bond acceptors (Lipinski definition) is 2. The van der Waals surface area contributed by atoms with Gasteiger partial charge in [0.15, 0.2) is 5.70 Å². The van der Waals surface area contributed by atoms with Crippen LogP contribution in [0.3, 0.4) is 0 Å². The molecule has 0 atom stereocenters. The molecule has 0 aliphatic carbocycles. The van der Waals surface area contributed by atoms with Crippen molar-refractivity contribution in [1.29, 1.82) is 0 Å². The molecule has 0 amide bonds. The summed E-state index contributed by atoms with van der Waals surface area (Å²) in [6.07, 6.45) is 10.7. The number of aromatic amines is 1. The first-order chi connectivity index (χ1) is 13.8. The molecule has 0 saturated carbocycles. The van der Waals surface area contributed by atoms with Gasteiger partial charge in [-0.05, 0) is 76.1 Å². The van der Waals surface area contributed by atoms with Gasteiger partial charge in [-0.25, -0.2) is 0 Å². The standard InChI is InChI=1S/C24H29BN3O/c1-17-16-19(10-7-18-8-11-20(12-9-18)29-24(2,3)4)27-23(17)21(13-14-26)22-6-5-15-28(22)25/h5-12,15-16,27H,13-14,26H2,1-4H3/q+1/b10-7+. The van der Waals surface area contributed by atoms with Gasteiger partial charge in [0, 0.05) is 23.4 Å². The van der Waals surface area contributed by atoms with Crippen LogP contribution in [0.5, 0.6) is 5.75 Å². The number of aryl methyl sites for hydroxylation is 1. The van der Waals surface area contributed by atoms with E-state index in [2.05, 4.69) is 42.3 Å². The summed E-state index contributed by atoms with van der Waals surface area (Å²) >= 11 is 0. The third-order valence-corrected chi connectivity index (χ3v) is 4.58. The minimum absolute atomic E-state index is 0.198. The normalized spacial score (nSPS) is 15.8. The topological polar surface area (TPSA) is 54.0 Å². The highest BCUT2D eigenvalue weighted by Gasteiger charge is 2.20. The molecule has 0 bridgehead atoms. The first-order valence-electron chi connectivity index (χ1n) is 9.92. The fraction of sp³-hybridized carbons (Fsp3) is 0.292. The monoisotopic (exact) mass is 386 g/mol. The van der Waals surface area contributed by atoms with Crippen molar-refractivity contribution in [2.75, 3.05) is 6.54 Å². The fourth-order valence-corrected chi connectivity index (χ4v) is 3.35. The van der Waals surface area contributed by atoms with Gasteiger partial charge in [0.2, 0.25) is 0 Å². The molecule has 1 aliphatic heterocycles. The number of rotatable bonds is 6. The van der Waals surface area contributed by atoms with E-state index in [0.717, 1.165) is 40.4 Å². The predicted octanol–water partition coefficient (Wildman–Crippen LogP) is 4.47. The molecule has 0 fully saturated rings. The van der Waals surface area contributed by atoms with Crippen LogP contribution in [0.2, 0.25) is 0 Å². The second-order valence-corrected chi connectivity index (χ2v) is 8.22. The molecule has 1 aromatic heterocycles. The van der Waals surface area contributed by atoms with Gasteiger partial charge in [-0.3, -0.25) is 4.49 Å². The number of H-pyrrole nitrogens is 1. The van der Waals surface area contributed by atoms with Crippen LogP contribution in [0.15, 0.2) is 48.2 Å². The number of nitrogens with zero attached hydrogens (tertiary/aromatic N) is 1. The zero-order valence-corrected chi connectivity index (χ0v) is 17.7. The summed E-state index contributed by atoms with van der Waals surface area (Å²) in [7, 11) is 6.07. The highest BCUT2D eigenvalue weighted by molar-refractivity contribution is 6.01. The zero-order chi connectivity index (χ0) is 21.0. The summed E-state index contributed by atoms with van der Waals surface area (Å²) in [6, 6.07) is 10.3. The van der Waals surface area contributed by atoms with E-state index >= 15 is 0 Å². The van der Waals surface area contributed by atoms with Gasteiger partial charge in [-0.2, -0.15) is 0 Å². The van der Waals surface area contributed by atoms with Crippen LogP contribution in [0.25, 0.3) is 17.7 Å². The summed E-state index contributed by atoms with van der Waals surface area (Å²) < 4.78 is 7.52. The van der Waals surface area contributed by atoms with E-state index in [1.165, 1.54) is 5.56 Å². The Morgan fingerprint density at radius 1 is 1.21 bits per heavy atom. The van der Waals surface area contributed by atoms with Crippen LogP contribution < -0.4 is 10.5 Å². The van der Waals surface area contributed by atoms with Gasteiger partial charge in [-0.15, -0.1) is 0 Å². The van der Waals surface area contributed by atoms with Crippen molar-refractivity contribution in [2.45, 2.75) is 39.7 Å². The SMILES string of the molecule is [B][N+]1=CC=CC1=C(CCN)c1[nH]c(/C=C/c2ccc(OC(C)(C)C)cc2)cc1C.